The molecule has 0 fully saturated rings. The minimum absolute atomic E-state index is 0.335. The maximum Gasteiger partial charge on any atom is 0.274 e. The zero-order valence-electron chi connectivity index (χ0n) is 25.7. The lowest BCUT2D eigenvalue weighted by Crippen LogP contribution is -2.32. The fourth-order valence-electron chi connectivity index (χ4n) is 4.77. The van der Waals surface area contributed by atoms with E-state index in [-0.39, 0.29) is 0 Å². The molecule has 0 aliphatic carbocycles. The molecule has 2 aromatic heterocycles. The number of methoxy groups -OCH3 is 2. The average molecular weight is 612 g/mol. The van der Waals surface area contributed by atoms with Gasteiger partial charge in [-0.05, 0) is 42.5 Å². The number of benzene rings is 3. The van der Waals surface area contributed by atoms with E-state index >= 15 is 0 Å². The first-order chi connectivity index (χ1) is 21.9. The lowest BCUT2D eigenvalue weighted by Gasteiger charge is -2.27. The van der Waals surface area contributed by atoms with Gasteiger partial charge >= 0.3 is 0 Å². The number of rotatable bonds is 14. The summed E-state index contributed by atoms with van der Waals surface area (Å²) in [4.78, 5) is 23.3. The molecule has 3 N–H and O–H groups in total. The molecule has 3 aromatic carbocycles. The first-order valence-electron chi connectivity index (χ1n) is 14.6. The number of nitrogens with one attached hydrogen (secondary N) is 2. The van der Waals surface area contributed by atoms with Crippen LogP contribution in [0.5, 0.6) is 17.2 Å². The Bertz CT molecular complexity index is 1720. The lowest BCUT2D eigenvalue weighted by molar-refractivity contribution is 0.0706. The summed E-state index contributed by atoms with van der Waals surface area (Å²) in [5.41, 5.74) is 6.94. The van der Waals surface area contributed by atoms with Crippen LogP contribution in [0.25, 0.3) is 22.3 Å². The van der Waals surface area contributed by atoms with Gasteiger partial charge in [0.2, 0.25) is 0 Å². The van der Waals surface area contributed by atoms with Crippen molar-refractivity contribution in [3.8, 4) is 28.5 Å². The SMILES string of the molecule is COc1cc(OC)cc(N(CCNC(C)C)c2ccc3ncc(-c4cnn(CCOc5ccc(C(=O)NO)cc5)c4)nc3c2)c1. The summed E-state index contributed by atoms with van der Waals surface area (Å²) < 4.78 is 18.7. The molecule has 234 valence electrons. The summed E-state index contributed by atoms with van der Waals surface area (Å²) in [6.07, 6.45) is 5.42. The van der Waals surface area contributed by atoms with Crippen LogP contribution in [0.3, 0.4) is 0 Å². The molecule has 45 heavy (non-hydrogen) atoms. The Labute approximate surface area is 261 Å². The van der Waals surface area contributed by atoms with Crippen LogP contribution in [-0.4, -0.2) is 70.8 Å². The van der Waals surface area contributed by atoms with Crippen LogP contribution in [0.1, 0.15) is 24.2 Å². The van der Waals surface area contributed by atoms with Crippen LogP contribution in [-0.2, 0) is 6.54 Å². The van der Waals surface area contributed by atoms with Crippen LogP contribution in [0, 0.1) is 0 Å². The average Bonchev–Trinajstić information content (AvgIpc) is 3.54. The van der Waals surface area contributed by atoms with Crippen molar-refractivity contribution in [2.24, 2.45) is 0 Å². The van der Waals surface area contributed by atoms with Gasteiger partial charge in [0.1, 0.15) is 23.9 Å². The largest absolute Gasteiger partial charge is 0.497 e. The van der Waals surface area contributed by atoms with Crippen LogP contribution >= 0.6 is 0 Å². The maximum absolute atomic E-state index is 11.5. The van der Waals surface area contributed by atoms with Crippen molar-refractivity contribution in [1.29, 1.82) is 0 Å². The summed E-state index contributed by atoms with van der Waals surface area (Å²) >= 11 is 0. The van der Waals surface area contributed by atoms with E-state index in [1.54, 1.807) is 61.0 Å². The van der Waals surface area contributed by atoms with Crippen molar-refractivity contribution in [2.75, 3.05) is 38.8 Å². The second kappa shape index (κ2) is 14.5. The van der Waals surface area contributed by atoms with Crippen molar-refractivity contribution in [3.05, 3.63) is 84.8 Å². The number of carbonyl (C=O) groups excluding carboxylic acids is 1. The highest BCUT2D eigenvalue weighted by Gasteiger charge is 2.15. The molecule has 0 bridgehead atoms. The Balaban J connectivity index is 1.33. The minimum atomic E-state index is -0.576. The van der Waals surface area contributed by atoms with E-state index < -0.39 is 5.91 Å². The molecular formula is C33H37N7O5. The number of carbonyl (C=O) groups is 1. The molecule has 5 aromatic rings. The van der Waals surface area contributed by atoms with Crippen molar-refractivity contribution < 1.29 is 24.2 Å². The summed E-state index contributed by atoms with van der Waals surface area (Å²) in [6.45, 7) is 6.62. The molecule has 5 rings (SSSR count). The van der Waals surface area contributed by atoms with E-state index in [0.29, 0.717) is 54.2 Å². The van der Waals surface area contributed by atoms with Gasteiger partial charge in [-0.2, -0.15) is 5.10 Å². The van der Waals surface area contributed by atoms with Gasteiger partial charge in [0.15, 0.2) is 0 Å². The van der Waals surface area contributed by atoms with Crippen molar-refractivity contribution >= 4 is 28.3 Å². The molecule has 1 amide bonds. The number of amides is 1. The number of ether oxygens (including phenoxy) is 3. The normalized spacial score (nSPS) is 11.1. The first-order valence-corrected chi connectivity index (χ1v) is 14.6. The van der Waals surface area contributed by atoms with E-state index in [9.17, 15) is 4.79 Å². The Morgan fingerprint density at radius 2 is 1.69 bits per heavy atom. The molecule has 0 radical (unpaired) electrons. The van der Waals surface area contributed by atoms with Crippen LogP contribution in [0.4, 0.5) is 11.4 Å². The Morgan fingerprint density at radius 3 is 2.38 bits per heavy atom. The molecule has 0 unspecified atom stereocenters. The van der Waals surface area contributed by atoms with Gasteiger partial charge < -0.3 is 24.4 Å². The smallest absolute Gasteiger partial charge is 0.274 e. The molecule has 2 heterocycles. The van der Waals surface area contributed by atoms with Crippen molar-refractivity contribution in [3.63, 3.8) is 0 Å². The molecule has 12 nitrogen and oxygen atoms in total. The molecule has 0 saturated heterocycles. The Kier molecular flexibility index (Phi) is 10.1. The Hall–Kier alpha value is -5.20. The van der Waals surface area contributed by atoms with Gasteiger partial charge in [-0.15, -0.1) is 0 Å². The molecule has 0 aliphatic heterocycles. The van der Waals surface area contributed by atoms with Gasteiger partial charge in [0.25, 0.3) is 5.91 Å². The van der Waals surface area contributed by atoms with E-state index in [1.807, 2.05) is 42.6 Å². The highest BCUT2D eigenvalue weighted by molar-refractivity contribution is 5.93. The predicted octanol–water partition coefficient (Wildman–Crippen LogP) is 4.84. The molecular weight excluding hydrogens is 574 g/mol. The van der Waals surface area contributed by atoms with Gasteiger partial charge in [0, 0.05) is 66.0 Å². The summed E-state index contributed by atoms with van der Waals surface area (Å²) in [5.74, 6) is 1.45. The summed E-state index contributed by atoms with van der Waals surface area (Å²) in [6, 6.07) is 18.8. The van der Waals surface area contributed by atoms with Crippen LogP contribution in [0.15, 0.2) is 79.3 Å². The number of hydrogen-bond acceptors (Lipinski definition) is 10. The second-order valence-corrected chi connectivity index (χ2v) is 10.6. The van der Waals surface area contributed by atoms with E-state index in [2.05, 4.69) is 34.1 Å². The molecule has 0 aliphatic rings. The predicted molar refractivity (Wildman–Crippen MR) is 172 cm³/mol. The zero-order chi connectivity index (χ0) is 31.8. The second-order valence-electron chi connectivity index (χ2n) is 10.6. The lowest BCUT2D eigenvalue weighted by atomic mass is 10.2. The third kappa shape index (κ3) is 7.85. The van der Waals surface area contributed by atoms with Crippen LogP contribution in [0.2, 0.25) is 0 Å². The number of hydroxylamine groups is 1. The molecule has 0 atom stereocenters. The van der Waals surface area contributed by atoms with Crippen LogP contribution < -0.4 is 29.9 Å². The topological polar surface area (TPSA) is 136 Å². The van der Waals surface area contributed by atoms with Gasteiger partial charge in [-0.3, -0.25) is 19.7 Å². The third-order valence-electron chi connectivity index (χ3n) is 7.11. The summed E-state index contributed by atoms with van der Waals surface area (Å²) in [7, 11) is 3.29. The number of hydrogen-bond donors (Lipinski definition) is 3. The molecule has 0 spiro atoms. The standard InChI is InChI=1S/C33H37N7O5/c1-22(2)34-11-12-40(26-15-28(43-3)18-29(16-26)44-4)25-7-10-30-31(17-25)37-32(20-35-30)24-19-36-39(21-24)13-14-45-27-8-5-23(6-9-27)33(41)38-42/h5-10,15-22,34,42H,11-14H2,1-4H3,(H,38,41). The van der Waals surface area contributed by atoms with E-state index in [4.69, 9.17) is 24.4 Å². The van der Waals surface area contributed by atoms with E-state index in [0.717, 1.165) is 34.5 Å². The minimum Gasteiger partial charge on any atom is -0.497 e. The monoisotopic (exact) mass is 611 g/mol. The zero-order valence-corrected chi connectivity index (χ0v) is 25.7. The number of aromatic nitrogens is 4. The van der Waals surface area contributed by atoms with Gasteiger partial charge in [-0.25, -0.2) is 10.5 Å². The highest BCUT2D eigenvalue weighted by Crippen LogP contribution is 2.34. The number of anilines is 2. The molecule has 0 saturated carbocycles. The molecule has 12 heteroatoms. The maximum atomic E-state index is 11.5. The quantitative estimate of drug-likeness (QED) is 0.118. The first kappa shape index (κ1) is 31.2. The highest BCUT2D eigenvalue weighted by atomic mass is 16.5. The van der Waals surface area contributed by atoms with Crippen molar-refractivity contribution in [1.82, 2.24) is 30.5 Å². The fourth-order valence-corrected chi connectivity index (χ4v) is 4.77. The number of nitrogens with zero attached hydrogens (tertiary/aromatic N) is 5. The Morgan fingerprint density at radius 1 is 0.933 bits per heavy atom. The summed E-state index contributed by atoms with van der Waals surface area (Å²) in [5, 5.41) is 16.7. The van der Waals surface area contributed by atoms with Gasteiger partial charge in [-0.1, -0.05) is 13.8 Å². The van der Waals surface area contributed by atoms with E-state index in [1.165, 1.54) is 0 Å². The fraction of sp³-hybridized carbons (Fsp3) is 0.273. The van der Waals surface area contributed by atoms with Gasteiger partial charge in [0.05, 0.1) is 49.9 Å². The number of fused-ring (bicyclic) bond motifs is 1. The third-order valence-corrected chi connectivity index (χ3v) is 7.11. The van der Waals surface area contributed by atoms with Crippen molar-refractivity contribution in [2.45, 2.75) is 26.4 Å².